The molecule has 0 radical (unpaired) electrons. The highest BCUT2D eigenvalue weighted by atomic mass is 19.1. The maximum atomic E-state index is 13.9. The number of ether oxygens (including phenoxy) is 1. The van der Waals surface area contributed by atoms with Gasteiger partial charge in [-0.15, -0.1) is 0 Å². The molecule has 1 aromatic carbocycles. The standard InChI is InChI=1S/C12H15FO2/c1-4-9-5-6-11(15-3)10(7-9)12(2,13)8-14/h5-8H,4H2,1-3H3. The first kappa shape index (κ1) is 11.7. The van der Waals surface area contributed by atoms with E-state index < -0.39 is 5.67 Å². The van der Waals surface area contributed by atoms with Crippen LogP contribution in [0.2, 0.25) is 0 Å². The van der Waals surface area contributed by atoms with E-state index >= 15 is 0 Å². The molecule has 0 aliphatic heterocycles. The van der Waals surface area contributed by atoms with Crippen LogP contribution >= 0.6 is 0 Å². The van der Waals surface area contributed by atoms with E-state index in [0.717, 1.165) is 12.0 Å². The molecule has 0 bridgehead atoms. The number of rotatable bonds is 4. The van der Waals surface area contributed by atoms with Crippen LogP contribution in [-0.2, 0) is 16.9 Å². The molecule has 0 aliphatic carbocycles. The van der Waals surface area contributed by atoms with Crippen LogP contribution in [0.25, 0.3) is 0 Å². The van der Waals surface area contributed by atoms with Crippen LogP contribution in [0.5, 0.6) is 5.75 Å². The van der Waals surface area contributed by atoms with E-state index in [1.165, 1.54) is 14.0 Å². The summed E-state index contributed by atoms with van der Waals surface area (Å²) in [7, 11) is 1.46. The lowest BCUT2D eigenvalue weighted by atomic mass is 9.96. The quantitative estimate of drug-likeness (QED) is 0.714. The van der Waals surface area contributed by atoms with Crippen molar-refractivity contribution in [2.24, 2.45) is 0 Å². The van der Waals surface area contributed by atoms with Crippen LogP contribution in [-0.4, -0.2) is 13.4 Å². The number of benzene rings is 1. The minimum atomic E-state index is -1.99. The van der Waals surface area contributed by atoms with Gasteiger partial charge in [-0.2, -0.15) is 0 Å². The normalized spacial score (nSPS) is 14.4. The smallest absolute Gasteiger partial charge is 0.191 e. The molecule has 0 aromatic heterocycles. The second kappa shape index (κ2) is 4.43. The SMILES string of the molecule is CCc1ccc(OC)c(C(C)(F)C=O)c1. The van der Waals surface area contributed by atoms with Crippen molar-refractivity contribution in [3.63, 3.8) is 0 Å². The predicted molar refractivity (Wildman–Crippen MR) is 56.9 cm³/mol. The number of aldehydes is 1. The van der Waals surface area contributed by atoms with Crippen molar-refractivity contribution in [2.75, 3.05) is 7.11 Å². The van der Waals surface area contributed by atoms with Crippen LogP contribution in [0.4, 0.5) is 4.39 Å². The first-order valence-electron chi connectivity index (χ1n) is 4.87. The zero-order valence-corrected chi connectivity index (χ0v) is 9.21. The molecule has 0 aliphatic rings. The molecule has 0 saturated carbocycles. The lowest BCUT2D eigenvalue weighted by molar-refractivity contribution is -0.117. The summed E-state index contributed by atoms with van der Waals surface area (Å²) in [5, 5.41) is 0. The molecule has 0 heterocycles. The first-order valence-corrected chi connectivity index (χ1v) is 4.87. The molecule has 1 aromatic rings. The Labute approximate surface area is 89.1 Å². The van der Waals surface area contributed by atoms with Crippen LogP contribution in [0.1, 0.15) is 25.0 Å². The molecule has 0 saturated heterocycles. The van der Waals surface area contributed by atoms with Gasteiger partial charge in [0.05, 0.1) is 7.11 Å². The van der Waals surface area contributed by atoms with Crippen molar-refractivity contribution in [2.45, 2.75) is 25.9 Å². The Hall–Kier alpha value is -1.38. The molecule has 0 N–H and O–H groups in total. The number of hydrogen-bond acceptors (Lipinski definition) is 2. The molecule has 1 rings (SSSR count). The average molecular weight is 210 g/mol. The van der Waals surface area contributed by atoms with Crippen molar-refractivity contribution >= 4 is 6.29 Å². The van der Waals surface area contributed by atoms with Crippen LogP contribution in [0.3, 0.4) is 0 Å². The van der Waals surface area contributed by atoms with E-state index in [1.807, 2.05) is 13.0 Å². The minimum Gasteiger partial charge on any atom is -0.496 e. The Balaban J connectivity index is 3.29. The highest BCUT2D eigenvalue weighted by molar-refractivity contribution is 5.67. The van der Waals surface area contributed by atoms with Crippen molar-refractivity contribution in [3.05, 3.63) is 29.3 Å². The Morgan fingerprint density at radius 3 is 2.67 bits per heavy atom. The highest BCUT2D eigenvalue weighted by Crippen LogP contribution is 2.32. The third kappa shape index (κ3) is 2.35. The van der Waals surface area contributed by atoms with Gasteiger partial charge < -0.3 is 4.74 Å². The number of hydrogen-bond donors (Lipinski definition) is 0. The fraction of sp³-hybridized carbons (Fsp3) is 0.417. The first-order chi connectivity index (χ1) is 7.05. The summed E-state index contributed by atoms with van der Waals surface area (Å²) in [6, 6.07) is 5.23. The van der Waals surface area contributed by atoms with Gasteiger partial charge in [-0.25, -0.2) is 4.39 Å². The number of alkyl halides is 1. The summed E-state index contributed by atoms with van der Waals surface area (Å²) < 4.78 is 18.9. The molecule has 0 amide bonds. The fourth-order valence-corrected chi connectivity index (χ4v) is 1.42. The van der Waals surface area contributed by atoms with E-state index in [1.54, 1.807) is 12.1 Å². The molecule has 1 atom stereocenters. The van der Waals surface area contributed by atoms with Crippen LogP contribution in [0, 0.1) is 0 Å². The number of methoxy groups -OCH3 is 1. The van der Waals surface area contributed by atoms with Gasteiger partial charge in [0.2, 0.25) is 0 Å². The van der Waals surface area contributed by atoms with Gasteiger partial charge in [-0.1, -0.05) is 13.0 Å². The summed E-state index contributed by atoms with van der Waals surface area (Å²) in [5.41, 5.74) is -0.716. The zero-order chi connectivity index (χ0) is 11.5. The van der Waals surface area contributed by atoms with Crippen LogP contribution in [0.15, 0.2) is 18.2 Å². The second-order valence-electron chi connectivity index (χ2n) is 3.58. The molecule has 2 nitrogen and oxygen atoms in total. The number of carbonyl (C=O) groups excluding carboxylic acids is 1. The van der Waals surface area contributed by atoms with E-state index in [9.17, 15) is 9.18 Å². The van der Waals surface area contributed by atoms with Crippen molar-refractivity contribution in [1.82, 2.24) is 0 Å². The summed E-state index contributed by atoms with van der Waals surface area (Å²) in [6.07, 6.45) is 1.09. The van der Waals surface area contributed by atoms with Gasteiger partial charge >= 0.3 is 0 Å². The van der Waals surface area contributed by atoms with Gasteiger partial charge in [0.15, 0.2) is 12.0 Å². The minimum absolute atomic E-state index is 0.291. The van der Waals surface area contributed by atoms with Crippen LogP contribution < -0.4 is 4.74 Å². The van der Waals surface area contributed by atoms with Crippen molar-refractivity contribution in [1.29, 1.82) is 0 Å². The van der Waals surface area contributed by atoms with Gasteiger partial charge in [-0.05, 0) is 31.0 Å². The van der Waals surface area contributed by atoms with Crippen molar-refractivity contribution in [3.8, 4) is 5.75 Å². The average Bonchev–Trinajstić information content (AvgIpc) is 2.28. The number of halogens is 1. The molecular formula is C12H15FO2. The Kier molecular flexibility index (Phi) is 3.45. The molecule has 1 unspecified atom stereocenters. The predicted octanol–water partition coefficient (Wildman–Crippen LogP) is 2.64. The lowest BCUT2D eigenvalue weighted by Crippen LogP contribution is -2.18. The maximum Gasteiger partial charge on any atom is 0.191 e. The summed E-state index contributed by atoms with van der Waals surface area (Å²) in [5.74, 6) is 0.407. The molecule has 15 heavy (non-hydrogen) atoms. The van der Waals surface area contributed by atoms with E-state index in [4.69, 9.17) is 4.74 Å². The topological polar surface area (TPSA) is 26.3 Å². The third-order valence-corrected chi connectivity index (χ3v) is 2.42. The number of aryl methyl sites for hydroxylation is 1. The summed E-state index contributed by atoms with van der Waals surface area (Å²) >= 11 is 0. The molecule has 0 spiro atoms. The maximum absolute atomic E-state index is 13.9. The molecule has 82 valence electrons. The highest BCUT2D eigenvalue weighted by Gasteiger charge is 2.28. The van der Waals surface area contributed by atoms with E-state index in [-0.39, 0.29) is 0 Å². The van der Waals surface area contributed by atoms with Gasteiger partial charge in [-0.3, -0.25) is 4.79 Å². The Morgan fingerprint density at radius 1 is 1.53 bits per heavy atom. The Bertz CT molecular complexity index is 359. The monoisotopic (exact) mass is 210 g/mol. The largest absolute Gasteiger partial charge is 0.496 e. The Morgan fingerprint density at radius 2 is 2.20 bits per heavy atom. The zero-order valence-electron chi connectivity index (χ0n) is 9.21. The summed E-state index contributed by atoms with van der Waals surface area (Å²) in [6.45, 7) is 3.21. The third-order valence-electron chi connectivity index (χ3n) is 2.42. The molecule has 3 heteroatoms. The lowest BCUT2D eigenvalue weighted by Gasteiger charge is -2.17. The van der Waals surface area contributed by atoms with E-state index in [2.05, 4.69) is 0 Å². The van der Waals surface area contributed by atoms with Gasteiger partial charge in [0, 0.05) is 5.56 Å². The van der Waals surface area contributed by atoms with Gasteiger partial charge in [0.25, 0.3) is 0 Å². The number of carbonyl (C=O) groups is 1. The molecule has 0 fully saturated rings. The van der Waals surface area contributed by atoms with Crippen molar-refractivity contribution < 1.29 is 13.9 Å². The second-order valence-corrected chi connectivity index (χ2v) is 3.58. The summed E-state index contributed by atoms with van der Waals surface area (Å²) in [4.78, 5) is 10.7. The fourth-order valence-electron chi connectivity index (χ4n) is 1.42. The molecular weight excluding hydrogens is 195 g/mol. The van der Waals surface area contributed by atoms with Gasteiger partial charge in [0.1, 0.15) is 5.75 Å². The van der Waals surface area contributed by atoms with E-state index in [0.29, 0.717) is 17.6 Å².